The summed E-state index contributed by atoms with van der Waals surface area (Å²) in [4.78, 5) is 39.0. The molecule has 0 unspecified atom stereocenters. The minimum atomic E-state index is -3.13. The van der Waals surface area contributed by atoms with E-state index in [9.17, 15) is 23.2 Å². The highest BCUT2D eigenvalue weighted by atomic mass is 19.3. The fourth-order valence-corrected chi connectivity index (χ4v) is 3.44. The number of alkyl halides is 2. The normalized spacial score (nSPS) is 14.2. The molecule has 0 saturated carbocycles. The molecular formula is C21H22F2N2O7. The molecule has 9 nitrogen and oxygen atoms in total. The van der Waals surface area contributed by atoms with Gasteiger partial charge in [-0.3, -0.25) is 9.59 Å². The standard InChI is InChI=1S/C21H22F2N2O7/c1-29-16-9-14(20(28)30-2)15(10-17(16)32-21(22)23)24-18(26)12-3-6-25(7-4-12)19(27)13-5-8-31-11-13/h5,8-12,21H,3-4,6-7H2,1-2H3,(H,24,26). The van der Waals surface area contributed by atoms with Gasteiger partial charge in [0.05, 0.1) is 37.3 Å². The van der Waals surface area contributed by atoms with Gasteiger partial charge in [-0.25, -0.2) is 4.79 Å². The molecule has 1 aliphatic rings. The monoisotopic (exact) mass is 452 g/mol. The Kier molecular flexibility index (Phi) is 7.29. The molecule has 0 spiro atoms. The summed E-state index contributed by atoms with van der Waals surface area (Å²) in [6.45, 7) is -2.42. The molecule has 1 saturated heterocycles. The number of rotatable bonds is 7. The van der Waals surface area contributed by atoms with Crippen LogP contribution in [0.2, 0.25) is 0 Å². The zero-order valence-corrected chi connectivity index (χ0v) is 17.4. The maximum Gasteiger partial charge on any atom is 0.387 e. The molecule has 32 heavy (non-hydrogen) atoms. The van der Waals surface area contributed by atoms with Gasteiger partial charge in [0.1, 0.15) is 6.26 Å². The number of carbonyl (C=O) groups excluding carboxylic acids is 3. The van der Waals surface area contributed by atoms with E-state index in [4.69, 9.17) is 13.9 Å². The summed E-state index contributed by atoms with van der Waals surface area (Å²) in [5.74, 6) is -2.30. The number of benzene rings is 1. The fourth-order valence-electron chi connectivity index (χ4n) is 3.44. The van der Waals surface area contributed by atoms with Crippen molar-refractivity contribution >= 4 is 23.5 Å². The van der Waals surface area contributed by atoms with Crippen molar-refractivity contribution in [3.63, 3.8) is 0 Å². The second kappa shape index (κ2) is 10.1. The number of esters is 1. The third-order valence-electron chi connectivity index (χ3n) is 5.10. The van der Waals surface area contributed by atoms with Crippen LogP contribution in [-0.2, 0) is 9.53 Å². The Bertz CT molecular complexity index is 971. The second-order valence-electron chi connectivity index (χ2n) is 6.99. The van der Waals surface area contributed by atoms with E-state index in [0.717, 1.165) is 19.2 Å². The lowest BCUT2D eigenvalue weighted by Crippen LogP contribution is -2.41. The summed E-state index contributed by atoms with van der Waals surface area (Å²) in [5, 5.41) is 2.59. The molecule has 1 aliphatic heterocycles. The summed E-state index contributed by atoms with van der Waals surface area (Å²) in [7, 11) is 2.38. The van der Waals surface area contributed by atoms with E-state index in [-0.39, 0.29) is 28.7 Å². The van der Waals surface area contributed by atoms with Gasteiger partial charge in [-0.1, -0.05) is 0 Å². The molecule has 172 valence electrons. The predicted molar refractivity (Wildman–Crippen MR) is 107 cm³/mol. The quantitative estimate of drug-likeness (QED) is 0.643. The molecule has 1 aromatic heterocycles. The number of likely N-dealkylation sites (tertiary alicyclic amines) is 1. The Hall–Kier alpha value is -3.63. The summed E-state index contributed by atoms with van der Waals surface area (Å²) < 4.78 is 44.6. The molecule has 2 amide bonds. The van der Waals surface area contributed by atoms with Crippen molar-refractivity contribution in [2.24, 2.45) is 5.92 Å². The van der Waals surface area contributed by atoms with Crippen LogP contribution in [0.25, 0.3) is 0 Å². The molecule has 2 aromatic rings. The van der Waals surface area contributed by atoms with Gasteiger partial charge < -0.3 is 28.8 Å². The molecular weight excluding hydrogens is 430 g/mol. The van der Waals surface area contributed by atoms with Crippen molar-refractivity contribution in [2.45, 2.75) is 19.5 Å². The van der Waals surface area contributed by atoms with Gasteiger partial charge in [0.2, 0.25) is 5.91 Å². The van der Waals surface area contributed by atoms with Gasteiger partial charge in [0, 0.05) is 31.1 Å². The number of halogens is 2. The number of anilines is 1. The number of nitrogens with zero attached hydrogens (tertiary/aromatic N) is 1. The first-order valence-corrected chi connectivity index (χ1v) is 9.71. The average molecular weight is 452 g/mol. The zero-order chi connectivity index (χ0) is 23.3. The highest BCUT2D eigenvalue weighted by Gasteiger charge is 2.29. The Morgan fingerprint density at radius 2 is 1.88 bits per heavy atom. The molecule has 0 aliphatic carbocycles. The van der Waals surface area contributed by atoms with Crippen molar-refractivity contribution in [3.05, 3.63) is 41.9 Å². The second-order valence-corrected chi connectivity index (χ2v) is 6.99. The summed E-state index contributed by atoms with van der Waals surface area (Å²) in [6, 6.07) is 3.82. The van der Waals surface area contributed by atoms with Crippen LogP contribution in [0.3, 0.4) is 0 Å². The molecule has 1 fully saturated rings. The van der Waals surface area contributed by atoms with Crippen LogP contribution in [0.5, 0.6) is 11.5 Å². The smallest absolute Gasteiger partial charge is 0.387 e. The van der Waals surface area contributed by atoms with Crippen LogP contribution >= 0.6 is 0 Å². The highest BCUT2D eigenvalue weighted by molar-refractivity contribution is 6.03. The molecule has 11 heteroatoms. The lowest BCUT2D eigenvalue weighted by atomic mass is 9.95. The number of hydrogen-bond donors (Lipinski definition) is 1. The first kappa shape index (κ1) is 23.0. The van der Waals surface area contributed by atoms with E-state index < -0.39 is 24.4 Å². The van der Waals surface area contributed by atoms with E-state index in [2.05, 4.69) is 10.1 Å². The van der Waals surface area contributed by atoms with Crippen molar-refractivity contribution < 1.29 is 41.8 Å². The molecule has 0 atom stereocenters. The van der Waals surface area contributed by atoms with Gasteiger partial charge in [-0.2, -0.15) is 8.78 Å². The van der Waals surface area contributed by atoms with Gasteiger partial charge in [0.25, 0.3) is 5.91 Å². The Morgan fingerprint density at radius 3 is 2.44 bits per heavy atom. The summed E-state index contributed by atoms with van der Waals surface area (Å²) in [6.07, 6.45) is 3.55. The van der Waals surface area contributed by atoms with E-state index in [1.807, 2.05) is 0 Å². The number of piperidine rings is 1. The van der Waals surface area contributed by atoms with Crippen LogP contribution in [0.15, 0.2) is 35.1 Å². The molecule has 2 heterocycles. The van der Waals surface area contributed by atoms with Crippen molar-refractivity contribution in [1.29, 1.82) is 0 Å². The van der Waals surface area contributed by atoms with E-state index in [1.54, 1.807) is 11.0 Å². The molecule has 0 bridgehead atoms. The number of amides is 2. The van der Waals surface area contributed by atoms with Gasteiger partial charge in [-0.15, -0.1) is 0 Å². The molecule has 3 rings (SSSR count). The van der Waals surface area contributed by atoms with E-state index in [0.29, 0.717) is 31.5 Å². The largest absolute Gasteiger partial charge is 0.493 e. The van der Waals surface area contributed by atoms with Crippen LogP contribution in [0.4, 0.5) is 14.5 Å². The van der Waals surface area contributed by atoms with Crippen molar-refractivity contribution in [2.75, 3.05) is 32.6 Å². The number of methoxy groups -OCH3 is 2. The third-order valence-corrected chi connectivity index (χ3v) is 5.10. The lowest BCUT2D eigenvalue weighted by molar-refractivity contribution is -0.121. The first-order valence-electron chi connectivity index (χ1n) is 9.71. The number of furan rings is 1. The molecule has 0 radical (unpaired) electrons. The number of hydrogen-bond acceptors (Lipinski definition) is 7. The highest BCUT2D eigenvalue weighted by Crippen LogP contribution is 2.35. The Morgan fingerprint density at radius 1 is 1.16 bits per heavy atom. The number of carbonyl (C=O) groups is 3. The number of nitrogens with one attached hydrogen (secondary N) is 1. The minimum Gasteiger partial charge on any atom is -0.493 e. The van der Waals surface area contributed by atoms with Crippen molar-refractivity contribution in [3.8, 4) is 11.5 Å². The van der Waals surface area contributed by atoms with Crippen LogP contribution in [0.1, 0.15) is 33.6 Å². The summed E-state index contributed by atoms with van der Waals surface area (Å²) in [5.41, 5.74) is 0.308. The Labute approximate surface area is 182 Å². The summed E-state index contributed by atoms with van der Waals surface area (Å²) >= 11 is 0. The third kappa shape index (κ3) is 5.16. The molecule has 1 aromatic carbocycles. The Balaban J connectivity index is 1.73. The topological polar surface area (TPSA) is 107 Å². The number of ether oxygens (including phenoxy) is 3. The fraction of sp³-hybridized carbons (Fsp3) is 0.381. The van der Waals surface area contributed by atoms with Crippen LogP contribution in [0, 0.1) is 5.92 Å². The maximum atomic E-state index is 12.8. The average Bonchev–Trinajstić information content (AvgIpc) is 3.33. The SMILES string of the molecule is COC(=O)c1cc(OC)c(OC(F)F)cc1NC(=O)C1CCN(C(=O)c2ccoc2)CC1. The van der Waals surface area contributed by atoms with Gasteiger partial charge in [-0.05, 0) is 18.9 Å². The first-order chi connectivity index (χ1) is 15.3. The predicted octanol–water partition coefficient (Wildman–Crippen LogP) is 3.17. The minimum absolute atomic E-state index is 0.0461. The zero-order valence-electron chi connectivity index (χ0n) is 17.4. The van der Waals surface area contributed by atoms with E-state index in [1.165, 1.54) is 19.6 Å². The maximum absolute atomic E-state index is 12.8. The lowest BCUT2D eigenvalue weighted by Gasteiger charge is -2.31. The van der Waals surface area contributed by atoms with Crippen molar-refractivity contribution in [1.82, 2.24) is 4.90 Å². The van der Waals surface area contributed by atoms with Crippen LogP contribution < -0.4 is 14.8 Å². The van der Waals surface area contributed by atoms with E-state index >= 15 is 0 Å². The van der Waals surface area contributed by atoms with Gasteiger partial charge in [0.15, 0.2) is 11.5 Å². The molecule has 1 N–H and O–H groups in total. The van der Waals surface area contributed by atoms with Crippen LogP contribution in [-0.4, -0.2) is 56.6 Å². The van der Waals surface area contributed by atoms with Gasteiger partial charge >= 0.3 is 12.6 Å².